The van der Waals surface area contributed by atoms with E-state index in [1.54, 1.807) is 11.0 Å². The highest BCUT2D eigenvalue weighted by Gasteiger charge is 2.50. The Morgan fingerprint density at radius 3 is 2.36 bits per heavy atom. The van der Waals surface area contributed by atoms with E-state index in [0.717, 1.165) is 19.3 Å². The molecule has 3 aromatic carbocycles. The molecule has 0 spiro atoms. The second-order valence-corrected chi connectivity index (χ2v) is 16.1. The third kappa shape index (κ3) is 3.88. The second-order valence-electron chi connectivity index (χ2n) is 15.1. The summed E-state index contributed by atoms with van der Waals surface area (Å²) >= 11 is 2.02. The molecule has 3 aliphatic carbocycles. The summed E-state index contributed by atoms with van der Waals surface area (Å²) in [5.41, 5.74) is 14.6. The Morgan fingerprint density at radius 2 is 1.58 bits per heavy atom. The fourth-order valence-electron chi connectivity index (χ4n) is 8.93. The van der Waals surface area contributed by atoms with Crippen LogP contribution in [0.4, 0.5) is 17.1 Å². The van der Waals surface area contributed by atoms with Crippen LogP contribution >= 0.6 is 11.3 Å². The molecule has 9 rings (SSSR count). The maximum absolute atomic E-state index is 2.73. The minimum Gasteiger partial charge on any atom is -0.334 e. The van der Waals surface area contributed by atoms with Crippen molar-refractivity contribution in [1.29, 1.82) is 0 Å². The molecule has 4 heteroatoms. The van der Waals surface area contributed by atoms with E-state index in [1.165, 1.54) is 72.8 Å². The Morgan fingerprint density at radius 1 is 0.822 bits per heavy atom. The van der Waals surface area contributed by atoms with Gasteiger partial charge in [-0.15, -0.1) is 11.3 Å². The van der Waals surface area contributed by atoms with E-state index in [-0.39, 0.29) is 23.6 Å². The molecule has 0 fully saturated rings. The summed E-state index contributed by atoms with van der Waals surface area (Å²) in [6.07, 6.45) is 17.8. The predicted molar refractivity (Wildman–Crippen MR) is 195 cm³/mol. The van der Waals surface area contributed by atoms with E-state index in [2.05, 4.69) is 135 Å². The molecule has 2 aliphatic heterocycles. The van der Waals surface area contributed by atoms with Gasteiger partial charge in [0.1, 0.15) is 0 Å². The zero-order chi connectivity index (χ0) is 30.7. The van der Waals surface area contributed by atoms with Crippen LogP contribution in [0.5, 0.6) is 0 Å². The van der Waals surface area contributed by atoms with Crippen molar-refractivity contribution in [3.05, 3.63) is 125 Å². The first kappa shape index (κ1) is 27.5. The van der Waals surface area contributed by atoms with Gasteiger partial charge in [-0.2, -0.15) is 0 Å². The van der Waals surface area contributed by atoms with Gasteiger partial charge in [0, 0.05) is 37.6 Å². The number of allylic oxidation sites excluding steroid dienone is 4. The molecule has 0 amide bonds. The number of hydrogen-bond donors (Lipinski definition) is 0. The van der Waals surface area contributed by atoms with E-state index < -0.39 is 0 Å². The maximum Gasteiger partial charge on any atom is 0.259 e. The van der Waals surface area contributed by atoms with Gasteiger partial charge >= 0.3 is 0 Å². The lowest BCUT2D eigenvalue weighted by molar-refractivity contribution is 0.332. The lowest BCUT2D eigenvalue weighted by atomic mass is 9.33. The van der Waals surface area contributed by atoms with Gasteiger partial charge in [-0.3, -0.25) is 0 Å². The minimum atomic E-state index is 0.142. The van der Waals surface area contributed by atoms with E-state index in [0.29, 0.717) is 0 Å². The molecule has 1 atom stereocenters. The van der Waals surface area contributed by atoms with Gasteiger partial charge in [0.25, 0.3) is 6.71 Å². The van der Waals surface area contributed by atoms with Crippen molar-refractivity contribution >= 4 is 55.4 Å². The maximum atomic E-state index is 2.73. The van der Waals surface area contributed by atoms with Crippen molar-refractivity contribution in [1.82, 2.24) is 0 Å². The Labute approximate surface area is 272 Å². The highest BCUT2D eigenvalue weighted by atomic mass is 32.1. The fraction of sp³-hybridized carbons (Fsp3) is 0.317. The molecule has 0 saturated heterocycles. The first-order valence-electron chi connectivity index (χ1n) is 16.9. The number of nitrogens with zero attached hydrogens (tertiary/aromatic N) is 2. The van der Waals surface area contributed by atoms with Crippen LogP contribution in [0.25, 0.3) is 10.1 Å². The summed E-state index contributed by atoms with van der Waals surface area (Å²) in [5, 5.41) is 1.40. The van der Waals surface area contributed by atoms with E-state index in [1.807, 2.05) is 11.3 Å². The highest BCUT2D eigenvalue weighted by molar-refractivity contribution is 7.32. The number of rotatable bonds is 2. The Kier molecular flexibility index (Phi) is 5.89. The number of benzene rings is 3. The van der Waals surface area contributed by atoms with Crippen LogP contribution in [0.1, 0.15) is 76.5 Å². The lowest BCUT2D eigenvalue weighted by Crippen LogP contribution is -2.61. The molecule has 4 aromatic rings. The Balaban J connectivity index is 1.41. The van der Waals surface area contributed by atoms with Gasteiger partial charge in [-0.1, -0.05) is 88.4 Å². The molecule has 5 aliphatic rings. The first-order valence-corrected chi connectivity index (χ1v) is 17.7. The zero-order valence-electron chi connectivity index (χ0n) is 27.2. The number of hydrogen-bond acceptors (Lipinski definition) is 3. The monoisotopic (exact) mass is 604 g/mol. The average Bonchev–Trinajstić information content (AvgIpc) is 3.43. The number of para-hydroxylation sites is 1. The summed E-state index contributed by atoms with van der Waals surface area (Å²) in [6.45, 7) is 12.4. The Hall–Kier alpha value is -3.76. The van der Waals surface area contributed by atoms with Gasteiger partial charge < -0.3 is 9.80 Å². The van der Waals surface area contributed by atoms with Crippen molar-refractivity contribution < 1.29 is 0 Å². The predicted octanol–water partition coefficient (Wildman–Crippen LogP) is 9.50. The van der Waals surface area contributed by atoms with Crippen LogP contribution in [0, 0.1) is 6.92 Å². The Bertz CT molecular complexity index is 2040. The van der Waals surface area contributed by atoms with Gasteiger partial charge in [-0.05, 0) is 108 Å². The van der Waals surface area contributed by atoms with Crippen molar-refractivity contribution in [2.45, 2.75) is 83.6 Å². The average molecular weight is 605 g/mol. The van der Waals surface area contributed by atoms with Crippen LogP contribution in [-0.2, 0) is 10.8 Å². The molecular weight excluding hydrogens is 563 g/mol. The SMILES string of the molecule is Cc1ccccc1N1C2=C3B(c4cc5c(cc41)C(C)(C)CCC5(C)C)c1sc4ccccc4c1N(C1=CCCC=C1)C3CC=C2. The highest BCUT2D eigenvalue weighted by Crippen LogP contribution is 2.52. The smallest absolute Gasteiger partial charge is 0.259 e. The molecular formula is C41H41BN2S. The standard InChI is InChI=1S/C41H41BN2S/c1-26-14-9-11-18-32(26)44-34-20-13-19-33-37(34)42(31-24-29-30(25-35(31)44)41(4,5)23-22-40(29,2)3)39-38(28-17-10-12-21-36(28)45-39)43(33)27-15-7-6-8-16-27/h7,9-18,20-21,24-25,33H,6,8,19,22-23H2,1-5H3. The van der Waals surface area contributed by atoms with Crippen molar-refractivity contribution in [3.8, 4) is 0 Å². The molecule has 1 aromatic heterocycles. The van der Waals surface area contributed by atoms with Crippen LogP contribution in [0.3, 0.4) is 0 Å². The third-order valence-electron chi connectivity index (χ3n) is 11.4. The summed E-state index contributed by atoms with van der Waals surface area (Å²) < 4.78 is 2.90. The normalized spacial score (nSPS) is 22.2. The molecule has 0 saturated carbocycles. The van der Waals surface area contributed by atoms with Crippen LogP contribution < -0.4 is 20.0 Å². The van der Waals surface area contributed by atoms with Crippen LogP contribution in [-0.4, -0.2) is 12.8 Å². The quantitative estimate of drug-likeness (QED) is 0.210. The topological polar surface area (TPSA) is 6.48 Å². The summed E-state index contributed by atoms with van der Waals surface area (Å²) in [6, 6.07) is 23.7. The summed E-state index contributed by atoms with van der Waals surface area (Å²) in [4.78, 5) is 5.37. The first-order chi connectivity index (χ1) is 21.7. The molecule has 1 unspecified atom stereocenters. The van der Waals surface area contributed by atoms with E-state index in [4.69, 9.17) is 0 Å². The third-order valence-corrected chi connectivity index (χ3v) is 12.6. The minimum absolute atomic E-state index is 0.142. The second kappa shape index (κ2) is 9.63. The molecule has 224 valence electrons. The number of aryl methyl sites for hydroxylation is 1. The van der Waals surface area contributed by atoms with Gasteiger partial charge in [0.2, 0.25) is 0 Å². The van der Waals surface area contributed by atoms with Gasteiger partial charge in [0.05, 0.1) is 11.7 Å². The summed E-state index contributed by atoms with van der Waals surface area (Å²) in [7, 11) is 0. The van der Waals surface area contributed by atoms with Gasteiger partial charge in [-0.25, -0.2) is 0 Å². The largest absolute Gasteiger partial charge is 0.334 e. The molecule has 2 nitrogen and oxygen atoms in total. The van der Waals surface area contributed by atoms with Crippen LogP contribution in [0.2, 0.25) is 0 Å². The summed E-state index contributed by atoms with van der Waals surface area (Å²) in [5.74, 6) is 0. The van der Waals surface area contributed by atoms with Crippen molar-refractivity contribution in [3.63, 3.8) is 0 Å². The van der Waals surface area contributed by atoms with E-state index >= 15 is 0 Å². The molecule has 0 radical (unpaired) electrons. The van der Waals surface area contributed by atoms with Crippen molar-refractivity contribution in [2.75, 3.05) is 9.80 Å². The lowest BCUT2D eigenvalue weighted by Gasteiger charge is -2.50. The van der Waals surface area contributed by atoms with E-state index in [9.17, 15) is 0 Å². The molecule has 0 bridgehead atoms. The molecule has 3 heterocycles. The van der Waals surface area contributed by atoms with Crippen molar-refractivity contribution in [2.24, 2.45) is 0 Å². The molecule has 0 N–H and O–H groups in total. The number of fused-ring (bicyclic) bond motifs is 7. The fourth-order valence-corrected chi connectivity index (χ4v) is 10.3. The number of anilines is 3. The number of thiophene rings is 1. The van der Waals surface area contributed by atoms with Gasteiger partial charge in [0.15, 0.2) is 0 Å². The zero-order valence-corrected chi connectivity index (χ0v) is 28.0. The van der Waals surface area contributed by atoms with Crippen LogP contribution in [0.15, 0.2) is 108 Å². The molecule has 45 heavy (non-hydrogen) atoms.